The minimum Gasteiger partial charge on any atom is -0.480 e. The van der Waals surface area contributed by atoms with Gasteiger partial charge in [-0.05, 0) is 12.3 Å². The van der Waals surface area contributed by atoms with Crippen LogP contribution in [-0.4, -0.2) is 40.1 Å². The molecule has 0 aliphatic heterocycles. The zero-order valence-corrected chi connectivity index (χ0v) is 10.8. The van der Waals surface area contributed by atoms with Crippen molar-refractivity contribution >= 4 is 11.9 Å². The number of nitrogens with zero attached hydrogens (tertiary/aromatic N) is 2. The lowest BCUT2D eigenvalue weighted by molar-refractivity contribution is -0.149. The van der Waals surface area contributed by atoms with Gasteiger partial charge in [0.1, 0.15) is 12.3 Å². The van der Waals surface area contributed by atoms with Crippen molar-refractivity contribution in [1.82, 2.24) is 10.1 Å². The minimum absolute atomic E-state index is 0.0505. The topological polar surface area (TPSA) is 83.6 Å². The summed E-state index contributed by atoms with van der Waals surface area (Å²) in [6, 6.07) is 0.786. The number of hydrogen-bond donors (Lipinski definition) is 1. The number of aliphatic carboxylic acids is 1. The van der Waals surface area contributed by atoms with Crippen molar-refractivity contribution < 1.29 is 19.2 Å². The molecular formula is C12H18N2O4. The second-order valence-corrected chi connectivity index (χ2v) is 4.66. The summed E-state index contributed by atoms with van der Waals surface area (Å²) in [5.41, 5.74) is 0.500. The predicted octanol–water partition coefficient (Wildman–Crippen LogP) is 1.17. The molecule has 0 aliphatic rings. The van der Waals surface area contributed by atoms with Gasteiger partial charge >= 0.3 is 5.97 Å². The summed E-state index contributed by atoms with van der Waals surface area (Å²) in [5, 5.41) is 12.8. The van der Waals surface area contributed by atoms with E-state index < -0.39 is 12.0 Å². The number of amides is 1. The monoisotopic (exact) mass is 254 g/mol. The number of likely N-dealkylation sites (N-methyl/N-ethyl adjacent to an activating group) is 1. The molecule has 0 spiro atoms. The number of carbonyl (C=O) groups excluding carboxylic acids is 1. The highest BCUT2D eigenvalue weighted by Gasteiger charge is 2.27. The Bertz CT molecular complexity index is 400. The van der Waals surface area contributed by atoms with Crippen molar-refractivity contribution in [3.8, 4) is 0 Å². The summed E-state index contributed by atoms with van der Waals surface area (Å²) in [6.45, 7) is 3.85. The normalized spacial score (nSPS) is 12.4. The fraction of sp³-hybridized carbons (Fsp3) is 0.583. The van der Waals surface area contributed by atoms with Crippen LogP contribution < -0.4 is 0 Å². The summed E-state index contributed by atoms with van der Waals surface area (Å²) in [4.78, 5) is 24.3. The number of carboxylic acids is 1. The number of hydrogen-bond acceptors (Lipinski definition) is 4. The van der Waals surface area contributed by atoms with Crippen LogP contribution in [0.15, 0.2) is 16.9 Å². The maximum atomic E-state index is 11.9. The van der Waals surface area contributed by atoms with Crippen molar-refractivity contribution in [2.75, 3.05) is 7.05 Å². The van der Waals surface area contributed by atoms with Crippen LogP contribution in [0.25, 0.3) is 0 Å². The molecule has 18 heavy (non-hydrogen) atoms. The molecule has 0 saturated heterocycles. The first kappa shape index (κ1) is 14.2. The average molecular weight is 254 g/mol. The number of carbonyl (C=O) groups is 2. The van der Waals surface area contributed by atoms with Gasteiger partial charge in [-0.25, -0.2) is 4.79 Å². The van der Waals surface area contributed by atoms with Crippen LogP contribution in [-0.2, 0) is 16.0 Å². The van der Waals surface area contributed by atoms with E-state index in [0.29, 0.717) is 12.1 Å². The maximum Gasteiger partial charge on any atom is 0.326 e. The summed E-state index contributed by atoms with van der Waals surface area (Å²) in [7, 11) is 1.50. The largest absolute Gasteiger partial charge is 0.480 e. The molecule has 1 aromatic heterocycles. The highest BCUT2D eigenvalue weighted by Crippen LogP contribution is 2.12. The molecule has 1 N–H and O–H groups in total. The van der Waals surface area contributed by atoms with Gasteiger partial charge in [-0.1, -0.05) is 19.0 Å². The number of aromatic nitrogens is 1. The molecule has 1 heterocycles. The van der Waals surface area contributed by atoms with Gasteiger partial charge in [0.15, 0.2) is 0 Å². The molecule has 1 aromatic rings. The summed E-state index contributed by atoms with van der Waals surface area (Å²) in [5.74, 6) is -1.06. The zero-order chi connectivity index (χ0) is 13.7. The lowest BCUT2D eigenvalue weighted by Crippen LogP contribution is -2.43. The van der Waals surface area contributed by atoms with Crippen molar-refractivity contribution in [2.45, 2.75) is 32.7 Å². The molecule has 1 amide bonds. The first-order chi connectivity index (χ1) is 8.41. The molecule has 1 atom stereocenters. The Morgan fingerprint density at radius 1 is 1.50 bits per heavy atom. The fourth-order valence-corrected chi connectivity index (χ4v) is 1.65. The van der Waals surface area contributed by atoms with E-state index in [1.54, 1.807) is 6.07 Å². The molecule has 6 heteroatoms. The SMILES string of the molecule is CC(C)CC(C(=O)O)N(C)C(=O)Cc1ccon1. The second kappa shape index (κ2) is 6.18. The molecule has 100 valence electrons. The summed E-state index contributed by atoms with van der Waals surface area (Å²) in [6.07, 6.45) is 1.86. The lowest BCUT2D eigenvalue weighted by atomic mass is 10.0. The third-order valence-electron chi connectivity index (χ3n) is 2.66. The Morgan fingerprint density at radius 3 is 2.61 bits per heavy atom. The van der Waals surface area contributed by atoms with Gasteiger partial charge in [-0.15, -0.1) is 0 Å². The van der Waals surface area contributed by atoms with E-state index in [4.69, 9.17) is 5.11 Å². The third-order valence-corrected chi connectivity index (χ3v) is 2.66. The van der Waals surface area contributed by atoms with Gasteiger partial charge in [0.25, 0.3) is 0 Å². The van der Waals surface area contributed by atoms with Crippen LogP contribution in [0.1, 0.15) is 26.0 Å². The van der Waals surface area contributed by atoms with Crippen molar-refractivity contribution in [1.29, 1.82) is 0 Å². The Morgan fingerprint density at radius 2 is 2.17 bits per heavy atom. The van der Waals surface area contributed by atoms with Crippen LogP contribution >= 0.6 is 0 Å². The quantitative estimate of drug-likeness (QED) is 0.824. The van der Waals surface area contributed by atoms with Crippen molar-refractivity contribution in [3.05, 3.63) is 18.0 Å². The summed E-state index contributed by atoms with van der Waals surface area (Å²) >= 11 is 0. The standard InChI is InChI=1S/C12H18N2O4/c1-8(2)6-10(12(16)17)14(3)11(15)7-9-4-5-18-13-9/h4-5,8,10H,6-7H2,1-3H3,(H,16,17). The highest BCUT2D eigenvalue weighted by molar-refractivity contribution is 5.84. The fourth-order valence-electron chi connectivity index (χ4n) is 1.65. The third kappa shape index (κ3) is 3.87. The van der Waals surface area contributed by atoms with Crippen LogP contribution in [0.3, 0.4) is 0 Å². The smallest absolute Gasteiger partial charge is 0.326 e. The van der Waals surface area contributed by atoms with Crippen molar-refractivity contribution in [2.24, 2.45) is 5.92 Å². The average Bonchev–Trinajstić information content (AvgIpc) is 2.77. The summed E-state index contributed by atoms with van der Waals surface area (Å²) < 4.78 is 4.63. The van der Waals surface area contributed by atoms with Crippen LogP contribution in [0.2, 0.25) is 0 Å². The Balaban J connectivity index is 2.67. The van der Waals surface area contributed by atoms with E-state index in [2.05, 4.69) is 9.68 Å². The van der Waals surface area contributed by atoms with E-state index in [-0.39, 0.29) is 18.2 Å². The Labute approximate surface area is 106 Å². The minimum atomic E-state index is -0.986. The van der Waals surface area contributed by atoms with Gasteiger partial charge in [0, 0.05) is 13.1 Å². The van der Waals surface area contributed by atoms with E-state index in [9.17, 15) is 9.59 Å². The molecule has 0 bridgehead atoms. The molecule has 1 rings (SSSR count). The molecule has 0 aliphatic carbocycles. The first-order valence-electron chi connectivity index (χ1n) is 5.79. The van der Waals surface area contributed by atoms with E-state index >= 15 is 0 Å². The van der Waals surface area contributed by atoms with Crippen LogP contribution in [0.5, 0.6) is 0 Å². The molecule has 0 fully saturated rings. The molecule has 6 nitrogen and oxygen atoms in total. The van der Waals surface area contributed by atoms with Crippen molar-refractivity contribution in [3.63, 3.8) is 0 Å². The Kier molecular flexibility index (Phi) is 4.88. The molecule has 0 saturated carbocycles. The predicted molar refractivity (Wildman–Crippen MR) is 63.9 cm³/mol. The molecular weight excluding hydrogens is 236 g/mol. The van der Waals surface area contributed by atoms with E-state index in [1.165, 1.54) is 18.2 Å². The van der Waals surface area contributed by atoms with Crippen LogP contribution in [0.4, 0.5) is 0 Å². The number of rotatable bonds is 6. The highest BCUT2D eigenvalue weighted by atomic mass is 16.5. The Hall–Kier alpha value is -1.85. The molecule has 1 unspecified atom stereocenters. The molecule has 0 aromatic carbocycles. The van der Waals surface area contributed by atoms with Gasteiger partial charge in [0.2, 0.25) is 5.91 Å². The molecule has 0 radical (unpaired) electrons. The van der Waals surface area contributed by atoms with Gasteiger partial charge in [-0.2, -0.15) is 0 Å². The second-order valence-electron chi connectivity index (χ2n) is 4.66. The van der Waals surface area contributed by atoms with Crippen LogP contribution in [0, 0.1) is 5.92 Å². The van der Waals surface area contributed by atoms with Gasteiger partial charge < -0.3 is 14.5 Å². The zero-order valence-electron chi connectivity index (χ0n) is 10.8. The van der Waals surface area contributed by atoms with Gasteiger partial charge in [-0.3, -0.25) is 4.79 Å². The van der Waals surface area contributed by atoms with Gasteiger partial charge in [0.05, 0.1) is 12.1 Å². The number of carboxylic acid groups (broad SMARTS) is 1. The lowest BCUT2D eigenvalue weighted by Gasteiger charge is -2.25. The van der Waals surface area contributed by atoms with E-state index in [1.807, 2.05) is 13.8 Å². The van der Waals surface area contributed by atoms with E-state index in [0.717, 1.165) is 0 Å². The maximum absolute atomic E-state index is 11.9. The first-order valence-corrected chi connectivity index (χ1v) is 5.79.